The number of benzene rings is 1. The Hall–Kier alpha value is -1.45. The highest BCUT2D eigenvalue weighted by Gasteiger charge is 2.28. The van der Waals surface area contributed by atoms with Crippen molar-refractivity contribution < 1.29 is 19.1 Å². The van der Waals surface area contributed by atoms with Gasteiger partial charge in [-0.1, -0.05) is 0 Å². The van der Waals surface area contributed by atoms with Crippen LogP contribution < -0.4 is 16.2 Å². The molecule has 1 saturated carbocycles. The van der Waals surface area contributed by atoms with Gasteiger partial charge in [-0.05, 0) is 56.3 Å². The lowest BCUT2D eigenvalue weighted by Crippen LogP contribution is -2.28. The molecule has 0 aromatic heterocycles. The summed E-state index contributed by atoms with van der Waals surface area (Å²) in [7, 11) is 1.24. The van der Waals surface area contributed by atoms with Crippen molar-refractivity contribution in [2.45, 2.75) is 25.7 Å². The van der Waals surface area contributed by atoms with Crippen molar-refractivity contribution in [3.63, 3.8) is 0 Å². The van der Waals surface area contributed by atoms with Gasteiger partial charge in [0.1, 0.15) is 17.1 Å². The molecule has 0 bridgehead atoms. The summed E-state index contributed by atoms with van der Waals surface area (Å²) in [4.78, 5) is 24.3. The summed E-state index contributed by atoms with van der Waals surface area (Å²) in [6.07, 6.45) is 3.28. The highest BCUT2D eigenvalue weighted by molar-refractivity contribution is 8.93. The fourth-order valence-electron chi connectivity index (χ4n) is 2.88. The molecule has 0 spiro atoms. The fourth-order valence-corrected chi connectivity index (χ4v) is 2.88. The van der Waals surface area contributed by atoms with Crippen molar-refractivity contribution >= 4 is 51.7 Å². The molecule has 1 aliphatic rings. The minimum atomic E-state index is -0.646. The predicted octanol–water partition coefficient (Wildman–Crippen LogP) is 2.58. The minimum Gasteiger partial charge on any atom is -0.465 e. The molecular formula is C17H25Br2N3O4. The number of methoxy groups -OCH3 is 1. The summed E-state index contributed by atoms with van der Waals surface area (Å²) < 4.78 is 10.1. The van der Waals surface area contributed by atoms with Crippen molar-refractivity contribution in [2.75, 3.05) is 13.7 Å². The van der Waals surface area contributed by atoms with Crippen LogP contribution in [0.1, 0.15) is 41.6 Å². The molecule has 1 fully saturated rings. The second kappa shape index (κ2) is 11.3. The molecule has 0 atom stereocenters. The third-order valence-electron chi connectivity index (χ3n) is 4.42. The van der Waals surface area contributed by atoms with Gasteiger partial charge in [0, 0.05) is 5.56 Å². The zero-order valence-electron chi connectivity index (χ0n) is 14.5. The summed E-state index contributed by atoms with van der Waals surface area (Å²) in [5.41, 5.74) is 11.5. The Morgan fingerprint density at radius 2 is 1.81 bits per heavy atom. The first-order valence-electron chi connectivity index (χ1n) is 7.94. The SMILES string of the molecule is Br.Br.COC(=O)c1cc(C(=N)N)ccc1OC(=O)[C@H]1CC[C@H](CN)CC1. The number of carbonyl (C=O) groups is 2. The van der Waals surface area contributed by atoms with E-state index in [1.807, 2.05) is 0 Å². The van der Waals surface area contributed by atoms with Crippen molar-refractivity contribution in [1.29, 1.82) is 5.41 Å². The van der Waals surface area contributed by atoms with Gasteiger partial charge in [0.05, 0.1) is 13.0 Å². The molecule has 0 unspecified atom stereocenters. The van der Waals surface area contributed by atoms with E-state index in [9.17, 15) is 9.59 Å². The Kier molecular flexibility index (Phi) is 10.7. The fraction of sp³-hybridized carbons (Fsp3) is 0.471. The molecule has 7 nitrogen and oxygen atoms in total. The number of carbonyl (C=O) groups excluding carboxylic acids is 2. The van der Waals surface area contributed by atoms with Gasteiger partial charge in [0.25, 0.3) is 0 Å². The molecule has 0 radical (unpaired) electrons. The monoisotopic (exact) mass is 493 g/mol. The first-order valence-corrected chi connectivity index (χ1v) is 7.94. The minimum absolute atomic E-state index is 0. The van der Waals surface area contributed by atoms with Crippen LogP contribution in [0.3, 0.4) is 0 Å². The second-order valence-electron chi connectivity index (χ2n) is 5.99. The van der Waals surface area contributed by atoms with Crippen molar-refractivity contribution in [3.05, 3.63) is 29.3 Å². The normalized spacial score (nSPS) is 18.7. The van der Waals surface area contributed by atoms with Crippen molar-refractivity contribution in [2.24, 2.45) is 23.3 Å². The lowest BCUT2D eigenvalue weighted by Gasteiger charge is -2.26. The molecule has 146 valence electrons. The van der Waals surface area contributed by atoms with Gasteiger partial charge in [-0.25, -0.2) is 4.79 Å². The number of ether oxygens (including phenoxy) is 2. The van der Waals surface area contributed by atoms with Crippen LogP contribution in [-0.2, 0) is 9.53 Å². The molecular weight excluding hydrogens is 470 g/mol. The van der Waals surface area contributed by atoms with Crippen LogP contribution in [0.2, 0.25) is 0 Å². The Bertz CT molecular complexity index is 647. The van der Waals surface area contributed by atoms with Crippen LogP contribution >= 0.6 is 34.0 Å². The predicted molar refractivity (Wildman–Crippen MR) is 110 cm³/mol. The molecule has 9 heteroatoms. The van der Waals surface area contributed by atoms with Gasteiger partial charge in [0.2, 0.25) is 0 Å². The molecule has 1 aromatic carbocycles. The smallest absolute Gasteiger partial charge is 0.341 e. The number of nitrogens with one attached hydrogen (secondary N) is 1. The zero-order valence-corrected chi connectivity index (χ0v) is 18.0. The number of halogens is 2. The van der Waals surface area contributed by atoms with E-state index in [1.54, 1.807) is 0 Å². The zero-order chi connectivity index (χ0) is 17.7. The first kappa shape index (κ1) is 24.6. The number of hydrogen-bond donors (Lipinski definition) is 3. The van der Waals surface area contributed by atoms with E-state index in [2.05, 4.69) is 0 Å². The summed E-state index contributed by atoms with van der Waals surface area (Å²) in [6.45, 7) is 0.640. The van der Waals surface area contributed by atoms with Gasteiger partial charge in [-0.3, -0.25) is 10.2 Å². The van der Waals surface area contributed by atoms with Crippen LogP contribution in [0, 0.1) is 17.2 Å². The average Bonchev–Trinajstić information content (AvgIpc) is 2.61. The summed E-state index contributed by atoms with van der Waals surface area (Å²) in [5.74, 6) is -0.782. The maximum Gasteiger partial charge on any atom is 0.341 e. The maximum atomic E-state index is 12.4. The first-order chi connectivity index (χ1) is 11.5. The number of nitrogens with two attached hydrogens (primary N) is 2. The molecule has 0 amide bonds. The Balaban J connectivity index is 0.00000312. The van der Waals surface area contributed by atoms with Crippen molar-refractivity contribution in [3.8, 4) is 5.75 Å². The molecule has 0 heterocycles. The Morgan fingerprint density at radius 3 is 2.31 bits per heavy atom. The van der Waals surface area contributed by atoms with E-state index in [0.29, 0.717) is 18.0 Å². The third kappa shape index (κ3) is 6.07. The highest BCUT2D eigenvalue weighted by Crippen LogP contribution is 2.30. The Labute approximate surface area is 173 Å². The van der Waals surface area contributed by atoms with Crippen LogP contribution in [0.15, 0.2) is 18.2 Å². The number of rotatable bonds is 5. The number of amidine groups is 1. The third-order valence-corrected chi connectivity index (χ3v) is 4.42. The molecule has 1 aromatic rings. The van der Waals surface area contributed by atoms with E-state index >= 15 is 0 Å². The van der Waals surface area contributed by atoms with E-state index in [4.69, 9.17) is 26.4 Å². The van der Waals surface area contributed by atoms with Crippen LogP contribution in [0.5, 0.6) is 5.75 Å². The van der Waals surface area contributed by atoms with Crippen LogP contribution in [0.4, 0.5) is 0 Å². The van der Waals surface area contributed by atoms with Crippen molar-refractivity contribution in [1.82, 2.24) is 0 Å². The van der Waals surface area contributed by atoms with Gasteiger partial charge >= 0.3 is 11.9 Å². The largest absolute Gasteiger partial charge is 0.465 e. The molecule has 0 aliphatic heterocycles. The van der Waals surface area contributed by atoms with E-state index in [-0.39, 0.29) is 63.0 Å². The molecule has 5 N–H and O–H groups in total. The van der Waals surface area contributed by atoms with E-state index < -0.39 is 5.97 Å². The topological polar surface area (TPSA) is 128 Å². The van der Waals surface area contributed by atoms with E-state index in [0.717, 1.165) is 25.7 Å². The van der Waals surface area contributed by atoms with Crippen LogP contribution in [0.25, 0.3) is 0 Å². The van der Waals surface area contributed by atoms with Gasteiger partial charge < -0.3 is 20.9 Å². The lowest BCUT2D eigenvalue weighted by molar-refractivity contribution is -0.140. The lowest BCUT2D eigenvalue weighted by atomic mass is 9.82. The standard InChI is InChI=1S/C17H23N3O4.2BrH/c1-23-17(22)13-8-12(15(19)20)6-7-14(13)24-16(21)11-4-2-10(9-18)3-5-11;;/h6-8,10-11H,2-5,9,18H2,1H3,(H3,19,20);2*1H/t10-,11-;;. The highest BCUT2D eigenvalue weighted by atomic mass is 79.9. The molecule has 26 heavy (non-hydrogen) atoms. The molecule has 0 saturated heterocycles. The molecule has 1 aliphatic carbocycles. The maximum absolute atomic E-state index is 12.4. The number of esters is 2. The Morgan fingerprint density at radius 1 is 1.19 bits per heavy atom. The number of nitrogen functional groups attached to an aromatic ring is 1. The summed E-state index contributed by atoms with van der Waals surface area (Å²) >= 11 is 0. The van der Waals surface area contributed by atoms with Crippen LogP contribution in [-0.4, -0.2) is 31.4 Å². The summed E-state index contributed by atoms with van der Waals surface area (Å²) in [5, 5.41) is 7.45. The average molecular weight is 495 g/mol. The van der Waals surface area contributed by atoms with Gasteiger partial charge in [0.15, 0.2) is 0 Å². The number of hydrogen-bond acceptors (Lipinski definition) is 6. The van der Waals surface area contributed by atoms with Gasteiger partial charge in [-0.15, -0.1) is 34.0 Å². The quantitative estimate of drug-likeness (QED) is 0.249. The van der Waals surface area contributed by atoms with E-state index in [1.165, 1.54) is 25.3 Å². The molecule has 2 rings (SSSR count). The summed E-state index contributed by atoms with van der Waals surface area (Å²) in [6, 6.07) is 4.39. The van der Waals surface area contributed by atoms with Gasteiger partial charge in [-0.2, -0.15) is 0 Å². The second-order valence-corrected chi connectivity index (χ2v) is 5.99.